The lowest BCUT2D eigenvalue weighted by Crippen LogP contribution is -2.49. The Kier molecular flexibility index (Phi) is 4.62. The summed E-state index contributed by atoms with van der Waals surface area (Å²) in [4.78, 5) is 12.8. The second kappa shape index (κ2) is 6.04. The van der Waals surface area contributed by atoms with E-state index in [0.717, 1.165) is 25.1 Å². The maximum atomic E-state index is 10.8. The normalized spacial score (nSPS) is 21.2. The van der Waals surface area contributed by atoms with E-state index >= 15 is 0 Å². The van der Waals surface area contributed by atoms with Crippen LogP contribution < -0.4 is 10.6 Å². The van der Waals surface area contributed by atoms with E-state index in [1.165, 1.54) is 6.42 Å². The molecule has 1 aliphatic heterocycles. The van der Waals surface area contributed by atoms with Crippen LogP contribution in [-0.4, -0.2) is 23.6 Å². The molecule has 2 unspecified atom stereocenters. The molecule has 0 bridgehead atoms. The molecule has 0 aromatic heterocycles. The number of benzene rings is 1. The largest absolute Gasteiger partial charge is 0.367 e. The van der Waals surface area contributed by atoms with Crippen molar-refractivity contribution in [3.8, 4) is 0 Å². The first-order valence-electron chi connectivity index (χ1n) is 6.47. The van der Waals surface area contributed by atoms with Crippen molar-refractivity contribution < 1.29 is 4.92 Å². The molecular weight excluding hydrogens is 357 g/mol. The highest BCUT2D eigenvalue weighted by atomic mass is 127. The van der Waals surface area contributed by atoms with Gasteiger partial charge < -0.3 is 10.6 Å². The first kappa shape index (κ1) is 14.5. The van der Waals surface area contributed by atoms with Gasteiger partial charge in [0.2, 0.25) is 0 Å². The Hall–Kier alpha value is -0.890. The zero-order valence-electron chi connectivity index (χ0n) is 10.9. The van der Waals surface area contributed by atoms with Gasteiger partial charge in [-0.25, -0.2) is 0 Å². The Labute approximate surface area is 126 Å². The molecule has 104 valence electrons. The lowest BCUT2D eigenvalue weighted by atomic mass is 9.96. The van der Waals surface area contributed by atoms with Gasteiger partial charge >= 0.3 is 0 Å². The number of hydrogen-bond acceptors (Lipinski definition) is 4. The first-order valence-corrected chi connectivity index (χ1v) is 7.54. The maximum Gasteiger partial charge on any atom is 0.282 e. The van der Waals surface area contributed by atoms with E-state index in [2.05, 4.69) is 4.90 Å². The molecule has 1 saturated heterocycles. The van der Waals surface area contributed by atoms with Crippen LogP contribution in [0.3, 0.4) is 0 Å². The molecule has 6 heteroatoms. The SMILES string of the molecule is CC(N)C1CCCCN1c1ccc([N+](=O)[O-])c(I)c1. The van der Waals surface area contributed by atoms with Gasteiger partial charge in [-0.15, -0.1) is 0 Å². The van der Waals surface area contributed by atoms with Gasteiger partial charge in [-0.05, 0) is 60.9 Å². The summed E-state index contributed by atoms with van der Waals surface area (Å²) in [7, 11) is 0. The molecule has 1 aromatic rings. The Morgan fingerprint density at radius 1 is 1.53 bits per heavy atom. The number of nitrogens with two attached hydrogens (primary N) is 1. The summed E-state index contributed by atoms with van der Waals surface area (Å²) in [5, 5.41) is 10.8. The minimum Gasteiger partial charge on any atom is -0.367 e. The van der Waals surface area contributed by atoms with E-state index < -0.39 is 0 Å². The molecule has 0 aliphatic carbocycles. The molecule has 0 amide bonds. The number of nitrogens with zero attached hydrogens (tertiary/aromatic N) is 2. The van der Waals surface area contributed by atoms with E-state index in [9.17, 15) is 10.1 Å². The molecule has 1 aromatic carbocycles. The molecule has 1 aliphatic rings. The van der Waals surface area contributed by atoms with E-state index in [-0.39, 0.29) is 16.7 Å². The van der Waals surface area contributed by atoms with Crippen LogP contribution in [0.4, 0.5) is 11.4 Å². The van der Waals surface area contributed by atoms with Gasteiger partial charge in [0.25, 0.3) is 5.69 Å². The van der Waals surface area contributed by atoms with E-state index in [1.807, 2.05) is 41.6 Å². The molecule has 5 nitrogen and oxygen atoms in total. The highest BCUT2D eigenvalue weighted by Crippen LogP contribution is 2.30. The van der Waals surface area contributed by atoms with Crippen LogP contribution >= 0.6 is 22.6 Å². The standard InChI is InChI=1S/C13H18IN3O2/c1-9(15)12-4-2-3-7-16(12)10-5-6-13(17(18)19)11(14)8-10/h5-6,8-9,12H,2-4,7,15H2,1H3. The summed E-state index contributed by atoms with van der Waals surface area (Å²) in [6.07, 6.45) is 3.44. The summed E-state index contributed by atoms with van der Waals surface area (Å²) in [5.41, 5.74) is 7.26. The summed E-state index contributed by atoms with van der Waals surface area (Å²) < 4.78 is 0.675. The number of piperidine rings is 1. The van der Waals surface area contributed by atoms with E-state index in [1.54, 1.807) is 6.07 Å². The molecule has 1 fully saturated rings. The molecule has 2 atom stereocenters. The number of halogens is 1. The Morgan fingerprint density at radius 3 is 2.84 bits per heavy atom. The second-order valence-corrected chi connectivity index (χ2v) is 6.17. The number of anilines is 1. The van der Waals surface area contributed by atoms with Gasteiger partial charge in [0.1, 0.15) is 0 Å². The van der Waals surface area contributed by atoms with Crippen molar-refractivity contribution in [2.75, 3.05) is 11.4 Å². The van der Waals surface area contributed by atoms with Gasteiger partial charge in [0.15, 0.2) is 0 Å². The fourth-order valence-electron chi connectivity index (χ4n) is 2.65. The van der Waals surface area contributed by atoms with Crippen molar-refractivity contribution in [1.82, 2.24) is 0 Å². The number of nitro groups is 1. The van der Waals surface area contributed by atoms with Gasteiger partial charge in [-0.1, -0.05) is 0 Å². The molecule has 0 saturated carbocycles. The third-order valence-electron chi connectivity index (χ3n) is 3.62. The summed E-state index contributed by atoms with van der Waals surface area (Å²) in [6, 6.07) is 5.74. The van der Waals surface area contributed by atoms with Crippen molar-refractivity contribution in [2.24, 2.45) is 5.73 Å². The topological polar surface area (TPSA) is 72.4 Å². The van der Waals surface area contributed by atoms with Crippen LogP contribution in [0.15, 0.2) is 18.2 Å². The molecule has 19 heavy (non-hydrogen) atoms. The van der Waals surface area contributed by atoms with Crippen molar-refractivity contribution in [2.45, 2.75) is 38.3 Å². The Bertz CT molecular complexity index is 479. The first-order chi connectivity index (χ1) is 9.00. The van der Waals surface area contributed by atoms with Crippen molar-refractivity contribution in [1.29, 1.82) is 0 Å². The van der Waals surface area contributed by atoms with Crippen molar-refractivity contribution in [3.63, 3.8) is 0 Å². The maximum absolute atomic E-state index is 10.8. The fraction of sp³-hybridized carbons (Fsp3) is 0.538. The number of nitro benzene ring substituents is 1. The average molecular weight is 375 g/mol. The van der Waals surface area contributed by atoms with Gasteiger partial charge in [0.05, 0.1) is 8.49 Å². The molecule has 1 heterocycles. The summed E-state index contributed by atoms with van der Waals surface area (Å²) in [5.74, 6) is 0. The lowest BCUT2D eigenvalue weighted by molar-refractivity contribution is -0.385. The highest BCUT2D eigenvalue weighted by Gasteiger charge is 2.26. The second-order valence-electron chi connectivity index (χ2n) is 5.01. The van der Waals surface area contributed by atoms with E-state index in [4.69, 9.17) is 5.73 Å². The predicted octanol–water partition coefficient (Wildman–Crippen LogP) is 2.91. The van der Waals surface area contributed by atoms with Crippen molar-refractivity contribution >= 4 is 34.0 Å². The molecule has 2 rings (SSSR count). The third-order valence-corrected chi connectivity index (χ3v) is 4.48. The van der Waals surface area contributed by atoms with Crippen LogP contribution in [0.2, 0.25) is 0 Å². The van der Waals surface area contributed by atoms with Crippen LogP contribution in [0.5, 0.6) is 0 Å². The Balaban J connectivity index is 2.29. The Morgan fingerprint density at radius 2 is 2.26 bits per heavy atom. The summed E-state index contributed by atoms with van der Waals surface area (Å²) in [6.45, 7) is 3.00. The monoisotopic (exact) mass is 375 g/mol. The number of hydrogen-bond donors (Lipinski definition) is 1. The number of rotatable bonds is 3. The molecule has 2 N–H and O–H groups in total. The lowest BCUT2D eigenvalue weighted by Gasteiger charge is -2.39. The smallest absolute Gasteiger partial charge is 0.282 e. The van der Waals surface area contributed by atoms with Gasteiger partial charge in [-0.3, -0.25) is 10.1 Å². The third kappa shape index (κ3) is 3.17. The van der Waals surface area contributed by atoms with Gasteiger partial charge in [-0.2, -0.15) is 0 Å². The van der Waals surface area contributed by atoms with Crippen LogP contribution in [0.25, 0.3) is 0 Å². The predicted molar refractivity (Wildman–Crippen MR) is 84.4 cm³/mol. The van der Waals surface area contributed by atoms with Crippen LogP contribution in [-0.2, 0) is 0 Å². The van der Waals surface area contributed by atoms with Crippen LogP contribution in [0.1, 0.15) is 26.2 Å². The summed E-state index contributed by atoms with van der Waals surface area (Å²) >= 11 is 2.02. The zero-order valence-corrected chi connectivity index (χ0v) is 13.0. The van der Waals surface area contributed by atoms with Crippen LogP contribution in [0, 0.1) is 13.7 Å². The zero-order chi connectivity index (χ0) is 14.0. The van der Waals surface area contributed by atoms with E-state index in [0.29, 0.717) is 9.61 Å². The van der Waals surface area contributed by atoms with Crippen molar-refractivity contribution in [3.05, 3.63) is 31.9 Å². The van der Waals surface area contributed by atoms with Gasteiger partial charge in [0, 0.05) is 30.4 Å². The molecular formula is C13H18IN3O2. The highest BCUT2D eigenvalue weighted by molar-refractivity contribution is 14.1. The molecule has 0 radical (unpaired) electrons. The minimum atomic E-state index is -0.342. The molecule has 0 spiro atoms. The minimum absolute atomic E-state index is 0.105. The fourth-order valence-corrected chi connectivity index (χ4v) is 3.34. The quantitative estimate of drug-likeness (QED) is 0.501. The average Bonchev–Trinajstić information content (AvgIpc) is 2.38.